The summed E-state index contributed by atoms with van der Waals surface area (Å²) in [6.07, 6.45) is 1.88. The Hall–Kier alpha value is -2.83. The van der Waals surface area contributed by atoms with Crippen LogP contribution in [0.4, 0.5) is 8.78 Å². The van der Waals surface area contributed by atoms with Gasteiger partial charge < -0.3 is 4.57 Å². The van der Waals surface area contributed by atoms with E-state index in [0.717, 1.165) is 37.3 Å². The molecule has 4 nitrogen and oxygen atoms in total. The second kappa shape index (κ2) is 8.90. The summed E-state index contributed by atoms with van der Waals surface area (Å²) in [5.74, 6) is -0.439. The molecule has 0 saturated carbocycles. The number of ketones is 1. The van der Waals surface area contributed by atoms with Gasteiger partial charge in [-0.05, 0) is 47.5 Å². The molecule has 1 aliphatic rings. The molecule has 2 heterocycles. The summed E-state index contributed by atoms with van der Waals surface area (Å²) in [6, 6.07) is 16.6. The van der Waals surface area contributed by atoms with Gasteiger partial charge in [0.15, 0.2) is 5.78 Å². The zero-order valence-corrected chi connectivity index (χ0v) is 17.0. The van der Waals surface area contributed by atoms with Crippen LogP contribution in [0.5, 0.6) is 0 Å². The van der Waals surface area contributed by atoms with Crippen molar-refractivity contribution in [3.63, 3.8) is 0 Å². The Balaban J connectivity index is 1.48. The number of aromatic nitrogens is 1. The van der Waals surface area contributed by atoms with Crippen LogP contribution in [0.15, 0.2) is 66.9 Å². The van der Waals surface area contributed by atoms with E-state index in [9.17, 15) is 13.6 Å². The first-order valence-electron chi connectivity index (χ1n) is 10.1. The van der Waals surface area contributed by atoms with Gasteiger partial charge in [0.25, 0.3) is 0 Å². The number of nitrogens with zero attached hydrogens (tertiary/aromatic N) is 3. The van der Waals surface area contributed by atoms with Crippen LogP contribution in [0, 0.1) is 11.6 Å². The van der Waals surface area contributed by atoms with Crippen LogP contribution < -0.4 is 0 Å². The third-order valence-corrected chi connectivity index (χ3v) is 5.74. The van der Waals surface area contributed by atoms with Gasteiger partial charge in [-0.15, -0.1) is 0 Å². The van der Waals surface area contributed by atoms with Gasteiger partial charge in [-0.3, -0.25) is 14.6 Å². The predicted octanol–water partition coefficient (Wildman–Crippen LogP) is 3.89. The molecular weight excluding hydrogens is 384 g/mol. The maximum atomic E-state index is 13.5. The van der Waals surface area contributed by atoms with Gasteiger partial charge in [0.05, 0.1) is 18.3 Å². The van der Waals surface area contributed by atoms with E-state index < -0.39 is 0 Å². The second-order valence-electron chi connectivity index (χ2n) is 7.75. The maximum absolute atomic E-state index is 13.5. The monoisotopic (exact) mass is 409 g/mol. The van der Waals surface area contributed by atoms with Gasteiger partial charge >= 0.3 is 0 Å². The fraction of sp³-hybridized carbons (Fsp3) is 0.292. The van der Waals surface area contributed by atoms with Crippen molar-refractivity contribution in [2.45, 2.75) is 6.04 Å². The predicted molar refractivity (Wildman–Crippen MR) is 112 cm³/mol. The second-order valence-corrected chi connectivity index (χ2v) is 7.75. The van der Waals surface area contributed by atoms with E-state index in [0.29, 0.717) is 12.2 Å². The van der Waals surface area contributed by atoms with Crippen LogP contribution in [0.2, 0.25) is 0 Å². The standard InChI is InChI=1S/C24H25F2N3O/c1-27-12-2-3-22(27)23(30)17-28-13-15-29(16-14-28)24(18-4-8-20(25)9-5-18)19-6-10-21(26)11-7-19/h2-12,24H,13-17H2,1H3. The number of halogens is 2. The largest absolute Gasteiger partial charge is 0.348 e. The first kappa shape index (κ1) is 20.4. The third kappa shape index (κ3) is 4.50. The van der Waals surface area contributed by atoms with Crippen LogP contribution >= 0.6 is 0 Å². The van der Waals surface area contributed by atoms with Crippen molar-refractivity contribution in [3.05, 3.63) is 95.3 Å². The van der Waals surface area contributed by atoms with Gasteiger partial charge in [-0.2, -0.15) is 0 Å². The van der Waals surface area contributed by atoms with Crippen LogP contribution in [0.25, 0.3) is 0 Å². The van der Waals surface area contributed by atoms with Crippen molar-refractivity contribution in [3.8, 4) is 0 Å². The van der Waals surface area contributed by atoms with Crippen LogP contribution in [0.1, 0.15) is 27.7 Å². The minimum absolute atomic E-state index is 0.0862. The zero-order chi connectivity index (χ0) is 21.1. The van der Waals surface area contributed by atoms with Crippen LogP contribution in [-0.2, 0) is 7.05 Å². The van der Waals surface area contributed by atoms with Gasteiger partial charge in [-0.25, -0.2) is 8.78 Å². The molecule has 30 heavy (non-hydrogen) atoms. The average Bonchev–Trinajstić information content (AvgIpc) is 3.18. The molecule has 4 rings (SSSR count). The lowest BCUT2D eigenvalue weighted by Crippen LogP contribution is -2.49. The number of carbonyl (C=O) groups is 1. The molecule has 156 valence electrons. The number of aryl methyl sites for hydroxylation is 1. The molecule has 0 N–H and O–H groups in total. The summed E-state index contributed by atoms with van der Waals surface area (Å²) in [7, 11) is 1.88. The summed E-state index contributed by atoms with van der Waals surface area (Å²) >= 11 is 0. The van der Waals surface area contributed by atoms with Gasteiger partial charge in [0.1, 0.15) is 11.6 Å². The average molecular weight is 409 g/mol. The first-order chi connectivity index (χ1) is 14.5. The number of carbonyl (C=O) groups excluding carboxylic acids is 1. The number of hydrogen-bond donors (Lipinski definition) is 0. The summed E-state index contributed by atoms with van der Waals surface area (Å²) in [5.41, 5.74) is 2.65. The number of rotatable bonds is 6. The molecule has 1 aromatic heterocycles. The fourth-order valence-electron chi connectivity index (χ4n) is 4.12. The first-order valence-corrected chi connectivity index (χ1v) is 10.1. The Kier molecular flexibility index (Phi) is 6.06. The summed E-state index contributed by atoms with van der Waals surface area (Å²) in [5, 5.41) is 0. The molecule has 2 aromatic carbocycles. The Morgan fingerprint density at radius 2 is 1.40 bits per heavy atom. The fourth-order valence-corrected chi connectivity index (χ4v) is 4.12. The van der Waals surface area contributed by atoms with Crippen molar-refractivity contribution in [2.24, 2.45) is 7.05 Å². The molecule has 1 aliphatic heterocycles. The highest BCUT2D eigenvalue weighted by Gasteiger charge is 2.27. The highest BCUT2D eigenvalue weighted by atomic mass is 19.1. The molecule has 3 aromatic rings. The highest BCUT2D eigenvalue weighted by Crippen LogP contribution is 2.30. The molecule has 0 radical (unpaired) electrons. The van der Waals surface area contributed by atoms with E-state index >= 15 is 0 Å². The third-order valence-electron chi connectivity index (χ3n) is 5.74. The summed E-state index contributed by atoms with van der Waals surface area (Å²) in [6.45, 7) is 3.44. The van der Waals surface area contributed by atoms with Crippen LogP contribution in [0.3, 0.4) is 0 Å². The Labute approximate surface area is 175 Å². The van der Waals surface area contributed by atoms with Crippen LogP contribution in [-0.4, -0.2) is 52.9 Å². The summed E-state index contributed by atoms with van der Waals surface area (Å²) in [4.78, 5) is 17.0. The van der Waals surface area contributed by atoms with Crippen molar-refractivity contribution >= 4 is 5.78 Å². The van der Waals surface area contributed by atoms with E-state index in [1.54, 1.807) is 24.3 Å². The van der Waals surface area contributed by atoms with Gasteiger partial charge in [-0.1, -0.05) is 24.3 Å². The van der Waals surface area contributed by atoms with Crippen molar-refractivity contribution in [1.82, 2.24) is 14.4 Å². The van der Waals surface area contributed by atoms with E-state index in [1.807, 2.05) is 29.9 Å². The highest BCUT2D eigenvalue weighted by molar-refractivity contribution is 5.96. The smallest absolute Gasteiger partial charge is 0.193 e. The zero-order valence-electron chi connectivity index (χ0n) is 17.0. The quantitative estimate of drug-likeness (QED) is 0.579. The molecule has 1 saturated heterocycles. The van der Waals surface area contributed by atoms with E-state index in [4.69, 9.17) is 0 Å². The maximum Gasteiger partial charge on any atom is 0.193 e. The SMILES string of the molecule is Cn1cccc1C(=O)CN1CCN(C(c2ccc(F)cc2)c2ccc(F)cc2)CC1. The van der Waals surface area contributed by atoms with Crippen molar-refractivity contribution < 1.29 is 13.6 Å². The minimum Gasteiger partial charge on any atom is -0.348 e. The lowest BCUT2D eigenvalue weighted by atomic mass is 9.96. The molecule has 0 aliphatic carbocycles. The molecule has 0 atom stereocenters. The minimum atomic E-state index is -0.277. The van der Waals surface area contributed by atoms with Gasteiger partial charge in [0, 0.05) is 39.4 Å². The molecule has 0 unspecified atom stereocenters. The molecule has 6 heteroatoms. The van der Waals surface area contributed by atoms with E-state index in [1.165, 1.54) is 24.3 Å². The Morgan fingerprint density at radius 1 is 0.867 bits per heavy atom. The molecule has 0 spiro atoms. The Morgan fingerprint density at radius 3 is 1.87 bits per heavy atom. The van der Waals surface area contributed by atoms with E-state index in [2.05, 4.69) is 9.80 Å². The summed E-state index contributed by atoms with van der Waals surface area (Å²) < 4.78 is 28.8. The molecule has 0 bridgehead atoms. The number of benzene rings is 2. The van der Waals surface area contributed by atoms with E-state index in [-0.39, 0.29) is 23.5 Å². The lowest BCUT2D eigenvalue weighted by Gasteiger charge is -2.39. The molecule has 1 fully saturated rings. The topological polar surface area (TPSA) is 28.5 Å². The van der Waals surface area contributed by atoms with Gasteiger partial charge in [0.2, 0.25) is 0 Å². The number of Topliss-reactive ketones (excluding diaryl/α,β-unsaturated/α-hetero) is 1. The molecule has 0 amide bonds. The van der Waals surface area contributed by atoms with Crippen molar-refractivity contribution in [2.75, 3.05) is 32.7 Å². The Bertz CT molecular complexity index is 945. The number of hydrogen-bond acceptors (Lipinski definition) is 3. The number of piperazine rings is 1. The van der Waals surface area contributed by atoms with Crippen molar-refractivity contribution in [1.29, 1.82) is 0 Å². The lowest BCUT2D eigenvalue weighted by molar-refractivity contribution is 0.0801. The molecular formula is C24H25F2N3O. The normalized spacial score (nSPS) is 15.6.